The molecule has 1 aliphatic carbocycles. The Bertz CT molecular complexity index is 376. The lowest BCUT2D eigenvalue weighted by atomic mass is 9.91. The van der Waals surface area contributed by atoms with E-state index in [1.807, 2.05) is 0 Å². The van der Waals surface area contributed by atoms with Gasteiger partial charge in [-0.05, 0) is 31.3 Å². The average Bonchev–Trinajstić information content (AvgIpc) is 2.37. The van der Waals surface area contributed by atoms with Gasteiger partial charge in [0, 0.05) is 18.1 Å². The minimum absolute atomic E-state index is 0.320. The molecule has 6 heteroatoms. The van der Waals surface area contributed by atoms with Gasteiger partial charge >= 0.3 is 0 Å². The molecule has 108 valence electrons. The molecule has 0 spiro atoms. The number of rotatable bonds is 6. The van der Waals surface area contributed by atoms with Gasteiger partial charge in [-0.3, -0.25) is 10.5 Å². The average molecular weight is 288 g/mol. The van der Waals surface area contributed by atoms with Crippen LogP contribution in [0.4, 0.5) is 0 Å². The number of hydrogen-bond acceptors (Lipinski definition) is 4. The maximum Gasteiger partial charge on any atom is 0.231 e. The van der Waals surface area contributed by atoms with Gasteiger partial charge in [-0.25, -0.2) is 0 Å². The molecule has 0 saturated heterocycles. The van der Waals surface area contributed by atoms with Crippen molar-refractivity contribution >= 4 is 17.5 Å². The predicted molar refractivity (Wildman–Crippen MR) is 76.5 cm³/mol. The first-order valence-electron chi connectivity index (χ1n) is 6.48. The van der Waals surface area contributed by atoms with Crippen LogP contribution in [-0.4, -0.2) is 47.8 Å². The molecule has 2 unspecified atom stereocenters. The van der Waals surface area contributed by atoms with Crippen LogP contribution in [0.1, 0.15) is 13.8 Å². The number of carbonyl (C=O) groups excluding carboxylic acids is 1. The molecule has 0 fully saturated rings. The Balaban J connectivity index is 2.51. The number of nitrogens with zero attached hydrogens (tertiary/aromatic N) is 1. The van der Waals surface area contributed by atoms with Crippen molar-refractivity contribution in [2.24, 2.45) is 11.7 Å². The van der Waals surface area contributed by atoms with Crippen LogP contribution >= 0.6 is 11.6 Å². The summed E-state index contributed by atoms with van der Waals surface area (Å²) in [4.78, 5) is 14.2. The summed E-state index contributed by atoms with van der Waals surface area (Å²) >= 11 is 5.83. The maximum absolute atomic E-state index is 12.0. The largest absolute Gasteiger partial charge is 0.371 e. The highest BCUT2D eigenvalue weighted by atomic mass is 35.5. The predicted octanol–water partition coefficient (Wildman–Crippen LogP) is 0.400. The SMILES string of the molecule is CCN(CC)CCNC(=O)C1C=C(Cl)C=CC1(N)O. The van der Waals surface area contributed by atoms with Gasteiger partial charge in [0.25, 0.3) is 0 Å². The first-order chi connectivity index (χ1) is 8.90. The molecule has 1 aliphatic rings. The van der Waals surface area contributed by atoms with Crippen LogP contribution in [0.2, 0.25) is 0 Å². The van der Waals surface area contributed by atoms with Crippen molar-refractivity contribution in [3.63, 3.8) is 0 Å². The molecule has 0 aromatic heterocycles. The van der Waals surface area contributed by atoms with E-state index < -0.39 is 11.6 Å². The van der Waals surface area contributed by atoms with Gasteiger partial charge in [-0.2, -0.15) is 0 Å². The van der Waals surface area contributed by atoms with Gasteiger partial charge in [0.15, 0.2) is 0 Å². The summed E-state index contributed by atoms with van der Waals surface area (Å²) in [6, 6.07) is 0. The Labute approximate surface area is 119 Å². The van der Waals surface area contributed by atoms with Crippen LogP contribution in [0.25, 0.3) is 0 Å². The summed E-state index contributed by atoms with van der Waals surface area (Å²) in [7, 11) is 0. The lowest BCUT2D eigenvalue weighted by molar-refractivity contribution is -0.129. The molecule has 19 heavy (non-hydrogen) atoms. The first-order valence-corrected chi connectivity index (χ1v) is 6.86. The van der Waals surface area contributed by atoms with Gasteiger partial charge in [-0.15, -0.1) is 0 Å². The molecular formula is C13H22ClN3O2. The number of aliphatic hydroxyl groups is 1. The summed E-state index contributed by atoms with van der Waals surface area (Å²) in [5, 5.41) is 13.1. The zero-order valence-corrected chi connectivity index (χ0v) is 12.2. The molecule has 0 aliphatic heterocycles. The number of halogens is 1. The Hall–Kier alpha value is -0.880. The third-order valence-corrected chi connectivity index (χ3v) is 3.49. The monoisotopic (exact) mass is 287 g/mol. The van der Waals surface area contributed by atoms with Crippen LogP contribution in [0.15, 0.2) is 23.3 Å². The molecule has 0 heterocycles. The molecule has 1 amide bonds. The van der Waals surface area contributed by atoms with E-state index in [1.54, 1.807) is 0 Å². The van der Waals surface area contributed by atoms with Gasteiger partial charge in [-0.1, -0.05) is 25.4 Å². The zero-order chi connectivity index (χ0) is 14.5. The number of likely N-dealkylation sites (N-methyl/N-ethyl adjacent to an activating group) is 1. The summed E-state index contributed by atoms with van der Waals surface area (Å²) in [5.74, 6) is -1.18. The Morgan fingerprint density at radius 2 is 2.21 bits per heavy atom. The molecule has 4 N–H and O–H groups in total. The second kappa shape index (κ2) is 7.05. The topological polar surface area (TPSA) is 78.6 Å². The smallest absolute Gasteiger partial charge is 0.231 e. The van der Waals surface area contributed by atoms with E-state index in [0.717, 1.165) is 19.6 Å². The van der Waals surface area contributed by atoms with Crippen molar-refractivity contribution in [3.05, 3.63) is 23.3 Å². The van der Waals surface area contributed by atoms with Crippen molar-refractivity contribution in [3.8, 4) is 0 Å². The molecule has 0 radical (unpaired) electrons. The molecule has 1 rings (SSSR count). The third-order valence-electron chi connectivity index (χ3n) is 3.24. The molecular weight excluding hydrogens is 266 g/mol. The maximum atomic E-state index is 12.0. The van der Waals surface area contributed by atoms with E-state index in [4.69, 9.17) is 17.3 Å². The summed E-state index contributed by atoms with van der Waals surface area (Å²) in [5.41, 5.74) is 3.98. The van der Waals surface area contributed by atoms with Crippen molar-refractivity contribution in [1.29, 1.82) is 0 Å². The molecule has 0 aromatic carbocycles. The Kier molecular flexibility index (Phi) is 6.00. The van der Waals surface area contributed by atoms with E-state index in [0.29, 0.717) is 11.6 Å². The van der Waals surface area contributed by atoms with E-state index in [2.05, 4.69) is 24.1 Å². The fraction of sp³-hybridized carbons (Fsp3) is 0.615. The zero-order valence-electron chi connectivity index (χ0n) is 11.4. The number of allylic oxidation sites excluding steroid dienone is 2. The molecule has 0 saturated carbocycles. The fourth-order valence-electron chi connectivity index (χ4n) is 1.94. The minimum Gasteiger partial charge on any atom is -0.371 e. The third kappa shape index (κ3) is 4.62. The highest BCUT2D eigenvalue weighted by Gasteiger charge is 2.36. The van der Waals surface area contributed by atoms with E-state index >= 15 is 0 Å². The second-order valence-electron chi connectivity index (χ2n) is 4.57. The number of nitrogens with one attached hydrogen (secondary N) is 1. The second-order valence-corrected chi connectivity index (χ2v) is 5.00. The Morgan fingerprint density at radius 1 is 1.58 bits per heavy atom. The number of amides is 1. The van der Waals surface area contributed by atoms with Gasteiger partial charge in [0.1, 0.15) is 11.6 Å². The number of hydrogen-bond donors (Lipinski definition) is 3. The lowest BCUT2D eigenvalue weighted by Gasteiger charge is -2.29. The Morgan fingerprint density at radius 3 is 2.79 bits per heavy atom. The van der Waals surface area contributed by atoms with Gasteiger partial charge in [0.05, 0.1) is 0 Å². The van der Waals surface area contributed by atoms with Crippen molar-refractivity contribution in [1.82, 2.24) is 10.2 Å². The molecule has 0 aromatic rings. The highest BCUT2D eigenvalue weighted by molar-refractivity contribution is 6.31. The minimum atomic E-state index is -1.68. The number of nitrogens with two attached hydrogens (primary N) is 1. The van der Waals surface area contributed by atoms with E-state index in [9.17, 15) is 9.90 Å². The van der Waals surface area contributed by atoms with Gasteiger partial charge < -0.3 is 15.3 Å². The highest BCUT2D eigenvalue weighted by Crippen LogP contribution is 2.24. The van der Waals surface area contributed by atoms with Crippen LogP contribution in [-0.2, 0) is 4.79 Å². The lowest BCUT2D eigenvalue weighted by Crippen LogP contribution is -2.52. The van der Waals surface area contributed by atoms with Crippen molar-refractivity contribution < 1.29 is 9.90 Å². The quantitative estimate of drug-likeness (QED) is 0.618. The molecule has 5 nitrogen and oxygen atoms in total. The van der Waals surface area contributed by atoms with Crippen LogP contribution in [0.5, 0.6) is 0 Å². The normalized spacial score (nSPS) is 26.4. The van der Waals surface area contributed by atoms with Crippen molar-refractivity contribution in [2.45, 2.75) is 19.6 Å². The first kappa shape index (κ1) is 16.2. The van der Waals surface area contributed by atoms with Crippen LogP contribution < -0.4 is 11.1 Å². The molecule has 2 atom stereocenters. The summed E-state index contributed by atoms with van der Waals surface area (Å²) in [6.45, 7) is 7.29. The number of carbonyl (C=O) groups is 1. The molecule has 0 bridgehead atoms. The van der Waals surface area contributed by atoms with Crippen molar-refractivity contribution in [2.75, 3.05) is 26.2 Å². The summed E-state index contributed by atoms with van der Waals surface area (Å²) in [6.07, 6.45) is 4.29. The van der Waals surface area contributed by atoms with E-state index in [1.165, 1.54) is 18.2 Å². The summed E-state index contributed by atoms with van der Waals surface area (Å²) < 4.78 is 0. The van der Waals surface area contributed by atoms with Crippen LogP contribution in [0.3, 0.4) is 0 Å². The standard InChI is InChI=1S/C13H22ClN3O2/c1-3-17(4-2)8-7-16-12(18)11-9-10(14)5-6-13(11,15)19/h5-6,9,11,19H,3-4,7-8,15H2,1-2H3,(H,16,18). The van der Waals surface area contributed by atoms with Crippen LogP contribution in [0, 0.1) is 5.92 Å². The van der Waals surface area contributed by atoms with Gasteiger partial charge in [0.2, 0.25) is 5.91 Å². The van der Waals surface area contributed by atoms with E-state index in [-0.39, 0.29) is 5.91 Å². The fourth-order valence-corrected chi connectivity index (χ4v) is 2.13.